The van der Waals surface area contributed by atoms with E-state index in [1.807, 2.05) is 0 Å². The minimum absolute atomic E-state index is 0.102. The molecule has 0 unspecified atom stereocenters. The van der Waals surface area contributed by atoms with Gasteiger partial charge in [-0.1, -0.05) is 23.7 Å². The summed E-state index contributed by atoms with van der Waals surface area (Å²) in [6.07, 6.45) is 0. The first-order chi connectivity index (χ1) is 9.38. The lowest BCUT2D eigenvalue weighted by Gasteiger charge is -2.06. The molecule has 1 aromatic carbocycles. The Morgan fingerprint density at radius 2 is 1.85 bits per heavy atom. The first-order valence-corrected chi connectivity index (χ1v) is 8.41. The SMILES string of the molecule is CC(=O)c1ccc(S(=O)(=O)NCc2ccc(Cl)s2)cc1. The van der Waals surface area contributed by atoms with E-state index in [0.717, 1.165) is 4.88 Å². The Balaban J connectivity index is 2.11. The molecule has 0 amide bonds. The van der Waals surface area contributed by atoms with Gasteiger partial charge in [0, 0.05) is 17.0 Å². The van der Waals surface area contributed by atoms with E-state index in [2.05, 4.69) is 4.72 Å². The van der Waals surface area contributed by atoms with Crippen LogP contribution in [0.25, 0.3) is 0 Å². The van der Waals surface area contributed by atoms with Crippen LogP contribution in [0, 0.1) is 0 Å². The van der Waals surface area contributed by atoms with Gasteiger partial charge in [-0.15, -0.1) is 11.3 Å². The Bertz CT molecular complexity index is 720. The van der Waals surface area contributed by atoms with E-state index < -0.39 is 10.0 Å². The molecule has 4 nitrogen and oxygen atoms in total. The molecule has 20 heavy (non-hydrogen) atoms. The van der Waals surface area contributed by atoms with Crippen LogP contribution in [0.4, 0.5) is 0 Å². The Labute approximate surface area is 126 Å². The number of hydrogen-bond donors (Lipinski definition) is 1. The van der Waals surface area contributed by atoms with Gasteiger partial charge in [-0.2, -0.15) is 0 Å². The second-order valence-electron chi connectivity index (χ2n) is 4.11. The number of ketones is 1. The molecule has 0 saturated carbocycles. The van der Waals surface area contributed by atoms with Crippen LogP contribution < -0.4 is 4.72 Å². The lowest BCUT2D eigenvalue weighted by molar-refractivity contribution is 0.101. The van der Waals surface area contributed by atoms with Crippen molar-refractivity contribution in [3.8, 4) is 0 Å². The molecule has 0 spiro atoms. The molecule has 0 bridgehead atoms. The standard InChI is InChI=1S/C13H12ClNO3S2/c1-9(16)10-2-5-12(6-3-10)20(17,18)15-8-11-4-7-13(14)19-11/h2-7,15H,8H2,1H3. The smallest absolute Gasteiger partial charge is 0.240 e. The predicted molar refractivity (Wildman–Crippen MR) is 79.8 cm³/mol. The number of hydrogen-bond acceptors (Lipinski definition) is 4. The van der Waals surface area contributed by atoms with E-state index in [0.29, 0.717) is 9.90 Å². The first kappa shape index (κ1) is 15.2. The van der Waals surface area contributed by atoms with Crippen molar-refractivity contribution in [1.82, 2.24) is 4.72 Å². The monoisotopic (exact) mass is 329 g/mol. The highest BCUT2D eigenvalue weighted by molar-refractivity contribution is 7.89. The number of halogens is 1. The molecule has 0 saturated heterocycles. The number of thiophene rings is 1. The summed E-state index contributed by atoms with van der Waals surface area (Å²) in [7, 11) is -3.59. The van der Waals surface area contributed by atoms with Crippen LogP contribution in [0.1, 0.15) is 22.2 Å². The fourth-order valence-electron chi connectivity index (χ4n) is 1.57. The second kappa shape index (κ2) is 6.05. The van der Waals surface area contributed by atoms with E-state index in [-0.39, 0.29) is 17.2 Å². The summed E-state index contributed by atoms with van der Waals surface area (Å²) in [5, 5.41) is 0. The molecule has 0 radical (unpaired) electrons. The summed E-state index contributed by atoms with van der Waals surface area (Å²) in [5.74, 6) is -0.102. The maximum absolute atomic E-state index is 12.1. The van der Waals surface area contributed by atoms with Gasteiger partial charge >= 0.3 is 0 Å². The van der Waals surface area contributed by atoms with Gasteiger partial charge in [0.25, 0.3) is 0 Å². The zero-order valence-corrected chi connectivity index (χ0v) is 13.0. The molecule has 1 N–H and O–H groups in total. The van der Waals surface area contributed by atoms with Crippen LogP contribution in [-0.4, -0.2) is 14.2 Å². The number of carbonyl (C=O) groups excluding carboxylic acids is 1. The van der Waals surface area contributed by atoms with Crippen LogP contribution in [0.2, 0.25) is 4.34 Å². The summed E-state index contributed by atoms with van der Waals surface area (Å²) in [6.45, 7) is 1.62. The molecular formula is C13H12ClNO3S2. The summed E-state index contributed by atoms with van der Waals surface area (Å²) in [5.41, 5.74) is 0.481. The molecule has 7 heteroatoms. The van der Waals surface area contributed by atoms with Crippen LogP contribution >= 0.6 is 22.9 Å². The van der Waals surface area contributed by atoms with Crippen molar-refractivity contribution in [3.05, 3.63) is 51.2 Å². The van der Waals surface area contributed by atoms with Gasteiger partial charge in [0.15, 0.2) is 5.78 Å². The number of rotatable bonds is 5. The van der Waals surface area contributed by atoms with Gasteiger partial charge in [-0.25, -0.2) is 13.1 Å². The summed E-state index contributed by atoms with van der Waals surface area (Å²) in [6, 6.07) is 9.32. The summed E-state index contributed by atoms with van der Waals surface area (Å²) in [4.78, 5) is 12.1. The highest BCUT2D eigenvalue weighted by Gasteiger charge is 2.14. The van der Waals surface area contributed by atoms with Crippen molar-refractivity contribution in [2.24, 2.45) is 0 Å². The Morgan fingerprint density at radius 3 is 2.35 bits per heavy atom. The molecule has 0 aliphatic rings. The predicted octanol–water partition coefficient (Wildman–Crippen LogP) is 3.08. The van der Waals surface area contributed by atoms with E-state index in [9.17, 15) is 13.2 Å². The van der Waals surface area contributed by atoms with Gasteiger partial charge in [-0.3, -0.25) is 4.79 Å². The average molecular weight is 330 g/mol. The van der Waals surface area contributed by atoms with Gasteiger partial charge in [-0.05, 0) is 31.2 Å². The third-order valence-electron chi connectivity index (χ3n) is 2.64. The third kappa shape index (κ3) is 3.67. The van der Waals surface area contributed by atoms with Gasteiger partial charge < -0.3 is 0 Å². The molecule has 0 aliphatic heterocycles. The van der Waals surface area contributed by atoms with E-state index in [4.69, 9.17) is 11.6 Å². The second-order valence-corrected chi connectivity index (χ2v) is 7.68. The maximum atomic E-state index is 12.1. The van der Waals surface area contributed by atoms with Gasteiger partial charge in [0.1, 0.15) is 0 Å². The molecule has 1 aromatic heterocycles. The zero-order valence-electron chi connectivity index (χ0n) is 10.6. The van der Waals surface area contributed by atoms with Gasteiger partial charge in [0.05, 0.1) is 9.23 Å². The largest absolute Gasteiger partial charge is 0.295 e. The number of Topliss-reactive ketones (excluding diaryl/α,β-unsaturated/α-hetero) is 1. The average Bonchev–Trinajstić information content (AvgIpc) is 2.82. The number of nitrogens with one attached hydrogen (secondary N) is 1. The fourth-order valence-corrected chi connectivity index (χ4v) is 3.69. The molecule has 0 fully saturated rings. The van der Waals surface area contributed by atoms with Crippen LogP contribution in [0.15, 0.2) is 41.3 Å². The summed E-state index contributed by atoms with van der Waals surface area (Å²) < 4.78 is 27.2. The van der Waals surface area contributed by atoms with Crippen LogP contribution in [0.5, 0.6) is 0 Å². The normalized spacial score (nSPS) is 11.5. The van der Waals surface area contributed by atoms with E-state index in [1.165, 1.54) is 42.5 Å². The highest BCUT2D eigenvalue weighted by atomic mass is 35.5. The van der Waals surface area contributed by atoms with E-state index >= 15 is 0 Å². The van der Waals surface area contributed by atoms with Gasteiger partial charge in [0.2, 0.25) is 10.0 Å². The van der Waals surface area contributed by atoms with Crippen molar-refractivity contribution >= 4 is 38.7 Å². The maximum Gasteiger partial charge on any atom is 0.240 e. The molecule has 1 heterocycles. The third-order valence-corrected chi connectivity index (χ3v) is 5.28. The van der Waals surface area contributed by atoms with E-state index in [1.54, 1.807) is 12.1 Å². The van der Waals surface area contributed by atoms with Crippen molar-refractivity contribution in [1.29, 1.82) is 0 Å². The van der Waals surface area contributed by atoms with Crippen molar-refractivity contribution in [3.63, 3.8) is 0 Å². The number of carbonyl (C=O) groups is 1. The molecule has 2 rings (SSSR count). The highest BCUT2D eigenvalue weighted by Crippen LogP contribution is 2.21. The molecule has 106 valence electrons. The topological polar surface area (TPSA) is 63.2 Å². The molecule has 0 aliphatic carbocycles. The number of sulfonamides is 1. The Kier molecular flexibility index (Phi) is 4.59. The van der Waals surface area contributed by atoms with Crippen molar-refractivity contribution in [2.45, 2.75) is 18.4 Å². The Hall–Kier alpha value is -1.21. The fraction of sp³-hybridized carbons (Fsp3) is 0.154. The summed E-state index contributed by atoms with van der Waals surface area (Å²) >= 11 is 7.11. The molecular weight excluding hydrogens is 318 g/mol. The zero-order chi connectivity index (χ0) is 14.8. The van der Waals surface area contributed by atoms with Crippen molar-refractivity contribution in [2.75, 3.05) is 0 Å². The van der Waals surface area contributed by atoms with Crippen LogP contribution in [-0.2, 0) is 16.6 Å². The minimum atomic E-state index is -3.59. The molecule has 2 aromatic rings. The number of benzene rings is 1. The lowest BCUT2D eigenvalue weighted by Crippen LogP contribution is -2.22. The van der Waals surface area contributed by atoms with Crippen molar-refractivity contribution < 1.29 is 13.2 Å². The quantitative estimate of drug-likeness (QED) is 0.857. The first-order valence-electron chi connectivity index (χ1n) is 5.73. The van der Waals surface area contributed by atoms with Crippen LogP contribution in [0.3, 0.4) is 0 Å². The Morgan fingerprint density at radius 1 is 1.20 bits per heavy atom. The lowest BCUT2D eigenvalue weighted by atomic mass is 10.2. The molecule has 0 atom stereocenters. The minimum Gasteiger partial charge on any atom is -0.295 e.